The first-order valence-electron chi connectivity index (χ1n) is 7.22. The number of hydrogen-bond acceptors (Lipinski definition) is 4. The van der Waals surface area contributed by atoms with Crippen LogP contribution in [-0.2, 0) is 4.79 Å². The van der Waals surface area contributed by atoms with Crippen LogP contribution in [0.5, 0.6) is 0 Å². The van der Waals surface area contributed by atoms with Gasteiger partial charge in [-0.25, -0.2) is 9.37 Å². The zero-order valence-electron chi connectivity index (χ0n) is 12.8. The smallest absolute Gasteiger partial charge is 0.246 e. The van der Waals surface area contributed by atoms with E-state index in [0.29, 0.717) is 0 Å². The van der Waals surface area contributed by atoms with Crippen LogP contribution in [0.25, 0.3) is 10.2 Å². The van der Waals surface area contributed by atoms with Crippen LogP contribution >= 0.6 is 11.3 Å². The van der Waals surface area contributed by atoms with Crippen molar-refractivity contribution >= 4 is 38.8 Å². The van der Waals surface area contributed by atoms with E-state index in [-0.39, 0.29) is 11.6 Å². The van der Waals surface area contributed by atoms with Gasteiger partial charge >= 0.3 is 0 Å². The fraction of sp³-hybridized carbons (Fsp3) is 0.176. The first kappa shape index (κ1) is 15.4. The summed E-state index contributed by atoms with van der Waals surface area (Å²) in [5, 5.41) is 6.71. The fourth-order valence-corrected chi connectivity index (χ4v) is 3.12. The second-order valence-corrected chi connectivity index (χ2v) is 6.49. The Balaban J connectivity index is 1.70. The number of rotatable bonds is 4. The monoisotopic (exact) mass is 329 g/mol. The van der Waals surface area contributed by atoms with E-state index in [1.807, 2.05) is 25.1 Å². The molecule has 1 amide bonds. The first-order chi connectivity index (χ1) is 11.0. The van der Waals surface area contributed by atoms with Crippen molar-refractivity contribution in [2.45, 2.75) is 19.9 Å². The number of carbonyl (C=O) groups excluding carboxylic acids is 1. The third kappa shape index (κ3) is 3.48. The summed E-state index contributed by atoms with van der Waals surface area (Å²) in [4.78, 5) is 16.6. The number of para-hydroxylation sites is 1. The number of halogens is 1. The SMILES string of the molecule is Cc1nc2ccc(N[C@@H](C)C(=O)Nc3ccccc3F)cc2s1. The molecule has 3 rings (SSSR count). The molecule has 4 nitrogen and oxygen atoms in total. The molecule has 3 aromatic rings. The van der Waals surface area contributed by atoms with Gasteiger partial charge in [-0.15, -0.1) is 11.3 Å². The minimum absolute atomic E-state index is 0.180. The Morgan fingerprint density at radius 1 is 1.26 bits per heavy atom. The minimum atomic E-state index is -0.499. The Morgan fingerprint density at radius 2 is 2.04 bits per heavy atom. The molecule has 0 saturated carbocycles. The summed E-state index contributed by atoms with van der Waals surface area (Å²) < 4.78 is 14.6. The zero-order chi connectivity index (χ0) is 16.4. The third-order valence-electron chi connectivity index (χ3n) is 3.40. The Morgan fingerprint density at radius 3 is 2.83 bits per heavy atom. The quantitative estimate of drug-likeness (QED) is 0.755. The van der Waals surface area contributed by atoms with E-state index in [0.717, 1.165) is 20.9 Å². The molecule has 0 aliphatic heterocycles. The van der Waals surface area contributed by atoms with Crippen LogP contribution in [-0.4, -0.2) is 16.9 Å². The highest BCUT2D eigenvalue weighted by atomic mass is 32.1. The van der Waals surface area contributed by atoms with Crippen LogP contribution in [0.4, 0.5) is 15.8 Å². The molecule has 0 aliphatic rings. The molecule has 0 unspecified atom stereocenters. The van der Waals surface area contributed by atoms with Crippen molar-refractivity contribution in [3.05, 3.63) is 53.3 Å². The first-order valence-corrected chi connectivity index (χ1v) is 8.04. The summed E-state index contributed by atoms with van der Waals surface area (Å²) in [6, 6.07) is 11.4. The lowest BCUT2D eigenvalue weighted by atomic mass is 10.2. The molecule has 0 aliphatic carbocycles. The second-order valence-electron chi connectivity index (χ2n) is 5.25. The van der Waals surface area contributed by atoms with E-state index in [1.54, 1.807) is 30.4 Å². The van der Waals surface area contributed by atoms with Crippen molar-refractivity contribution in [1.29, 1.82) is 0 Å². The van der Waals surface area contributed by atoms with Gasteiger partial charge in [0.15, 0.2) is 0 Å². The van der Waals surface area contributed by atoms with Crippen LogP contribution in [0.1, 0.15) is 11.9 Å². The molecule has 0 bridgehead atoms. The standard InChI is InChI=1S/C17H16FN3OS/c1-10(17(22)21-14-6-4-3-5-13(14)18)19-12-7-8-15-16(9-12)23-11(2)20-15/h3-10,19H,1-2H3,(H,21,22)/t10-/m0/s1. The molecule has 0 spiro atoms. The molecule has 6 heteroatoms. The number of amides is 1. The van der Waals surface area contributed by atoms with Crippen molar-refractivity contribution in [2.24, 2.45) is 0 Å². The van der Waals surface area contributed by atoms with Gasteiger partial charge in [-0.3, -0.25) is 4.79 Å². The van der Waals surface area contributed by atoms with Crippen LogP contribution in [0.2, 0.25) is 0 Å². The molecule has 2 N–H and O–H groups in total. The van der Waals surface area contributed by atoms with E-state index >= 15 is 0 Å². The largest absolute Gasteiger partial charge is 0.374 e. The maximum atomic E-state index is 13.6. The maximum absolute atomic E-state index is 13.6. The molecule has 1 heterocycles. The predicted molar refractivity (Wildman–Crippen MR) is 92.5 cm³/mol. The molecule has 0 fully saturated rings. The molecule has 118 valence electrons. The molecule has 1 atom stereocenters. The van der Waals surface area contributed by atoms with Crippen molar-refractivity contribution in [3.8, 4) is 0 Å². The molecule has 23 heavy (non-hydrogen) atoms. The molecular weight excluding hydrogens is 313 g/mol. The van der Waals surface area contributed by atoms with Crippen LogP contribution in [0.15, 0.2) is 42.5 Å². The van der Waals surface area contributed by atoms with E-state index in [2.05, 4.69) is 15.6 Å². The molecular formula is C17H16FN3OS. The molecule has 0 radical (unpaired) electrons. The Hall–Kier alpha value is -2.47. The Labute approximate surface area is 137 Å². The number of aryl methyl sites for hydroxylation is 1. The van der Waals surface area contributed by atoms with Gasteiger partial charge in [0.1, 0.15) is 11.9 Å². The highest BCUT2D eigenvalue weighted by Crippen LogP contribution is 2.25. The number of nitrogens with zero attached hydrogens (tertiary/aromatic N) is 1. The zero-order valence-corrected chi connectivity index (χ0v) is 13.6. The van der Waals surface area contributed by atoms with Gasteiger partial charge in [-0.05, 0) is 44.2 Å². The number of fused-ring (bicyclic) bond motifs is 1. The van der Waals surface area contributed by atoms with Crippen LogP contribution in [0, 0.1) is 12.7 Å². The third-order valence-corrected chi connectivity index (χ3v) is 4.34. The summed E-state index contributed by atoms with van der Waals surface area (Å²) >= 11 is 1.61. The van der Waals surface area contributed by atoms with E-state index < -0.39 is 11.9 Å². The number of benzene rings is 2. The normalized spacial score (nSPS) is 12.1. The lowest BCUT2D eigenvalue weighted by Crippen LogP contribution is -2.32. The second kappa shape index (κ2) is 6.34. The lowest BCUT2D eigenvalue weighted by Gasteiger charge is -2.15. The van der Waals surface area contributed by atoms with Gasteiger partial charge in [0.2, 0.25) is 5.91 Å². The van der Waals surface area contributed by atoms with Crippen molar-refractivity contribution in [1.82, 2.24) is 4.98 Å². The Kier molecular flexibility index (Phi) is 4.25. The van der Waals surface area contributed by atoms with Gasteiger partial charge in [-0.1, -0.05) is 12.1 Å². The summed E-state index contributed by atoms with van der Waals surface area (Å²) in [5.74, 6) is -0.745. The number of nitrogens with one attached hydrogen (secondary N) is 2. The van der Waals surface area contributed by atoms with Crippen LogP contribution in [0.3, 0.4) is 0 Å². The number of carbonyl (C=O) groups is 1. The van der Waals surface area contributed by atoms with Gasteiger partial charge in [0.25, 0.3) is 0 Å². The van der Waals surface area contributed by atoms with Crippen molar-refractivity contribution in [2.75, 3.05) is 10.6 Å². The molecule has 2 aromatic carbocycles. The maximum Gasteiger partial charge on any atom is 0.246 e. The highest BCUT2D eigenvalue weighted by molar-refractivity contribution is 7.18. The average molecular weight is 329 g/mol. The molecule has 1 aromatic heterocycles. The minimum Gasteiger partial charge on any atom is -0.374 e. The van der Waals surface area contributed by atoms with E-state index in [1.165, 1.54) is 12.1 Å². The number of aromatic nitrogens is 1. The number of hydrogen-bond donors (Lipinski definition) is 2. The lowest BCUT2D eigenvalue weighted by molar-refractivity contribution is -0.116. The average Bonchev–Trinajstić information content (AvgIpc) is 2.88. The van der Waals surface area contributed by atoms with Crippen molar-refractivity contribution < 1.29 is 9.18 Å². The summed E-state index contributed by atoms with van der Waals surface area (Å²) in [6.07, 6.45) is 0. The van der Waals surface area contributed by atoms with Gasteiger partial charge < -0.3 is 10.6 Å². The predicted octanol–water partition coefficient (Wildman–Crippen LogP) is 4.18. The topological polar surface area (TPSA) is 54.0 Å². The number of anilines is 2. The summed E-state index contributed by atoms with van der Waals surface area (Å²) in [7, 11) is 0. The van der Waals surface area contributed by atoms with Gasteiger partial charge in [0.05, 0.1) is 20.9 Å². The molecule has 0 saturated heterocycles. The van der Waals surface area contributed by atoms with Gasteiger partial charge in [-0.2, -0.15) is 0 Å². The van der Waals surface area contributed by atoms with Crippen LogP contribution < -0.4 is 10.6 Å². The van der Waals surface area contributed by atoms with Gasteiger partial charge in [0, 0.05) is 5.69 Å². The highest BCUT2D eigenvalue weighted by Gasteiger charge is 2.15. The summed E-state index contributed by atoms with van der Waals surface area (Å²) in [6.45, 7) is 3.69. The number of thiazole rings is 1. The fourth-order valence-electron chi connectivity index (χ4n) is 2.25. The van der Waals surface area contributed by atoms with E-state index in [9.17, 15) is 9.18 Å². The summed E-state index contributed by atoms with van der Waals surface area (Å²) in [5.41, 5.74) is 1.96. The Bertz CT molecular complexity index is 862. The van der Waals surface area contributed by atoms with E-state index in [4.69, 9.17) is 0 Å². The van der Waals surface area contributed by atoms with Crippen molar-refractivity contribution in [3.63, 3.8) is 0 Å².